The Labute approximate surface area is 140 Å². The second-order valence-corrected chi connectivity index (χ2v) is 5.63. The Morgan fingerprint density at radius 3 is 2.79 bits per heavy atom. The average Bonchev–Trinajstić information content (AvgIpc) is 3.23. The van der Waals surface area contributed by atoms with E-state index in [9.17, 15) is 9.59 Å². The van der Waals surface area contributed by atoms with Gasteiger partial charge < -0.3 is 19.4 Å². The molecule has 1 fully saturated rings. The first-order valence-corrected chi connectivity index (χ1v) is 8.00. The summed E-state index contributed by atoms with van der Waals surface area (Å²) >= 11 is 0. The number of furan rings is 1. The van der Waals surface area contributed by atoms with E-state index in [-0.39, 0.29) is 24.2 Å². The molecule has 0 bridgehead atoms. The number of anilines is 1. The van der Waals surface area contributed by atoms with Crippen LogP contribution in [-0.4, -0.2) is 25.0 Å². The van der Waals surface area contributed by atoms with E-state index in [1.165, 1.54) is 0 Å². The highest BCUT2D eigenvalue weighted by Gasteiger charge is 2.35. The summed E-state index contributed by atoms with van der Waals surface area (Å²) in [6.45, 7) is 3.24. The van der Waals surface area contributed by atoms with Crippen molar-refractivity contribution in [3.63, 3.8) is 0 Å². The van der Waals surface area contributed by atoms with Gasteiger partial charge in [-0.05, 0) is 43.3 Å². The van der Waals surface area contributed by atoms with Crippen LogP contribution in [0.15, 0.2) is 47.1 Å². The smallest absolute Gasteiger partial charge is 0.227 e. The third kappa shape index (κ3) is 3.59. The Bertz CT molecular complexity index is 694. The summed E-state index contributed by atoms with van der Waals surface area (Å²) < 4.78 is 10.6. The van der Waals surface area contributed by atoms with Crippen LogP contribution in [0.3, 0.4) is 0 Å². The van der Waals surface area contributed by atoms with Crippen molar-refractivity contribution in [1.29, 1.82) is 0 Å². The number of carbonyl (C=O) groups excluding carboxylic acids is 2. The Balaban J connectivity index is 1.59. The Kier molecular flexibility index (Phi) is 4.84. The van der Waals surface area contributed by atoms with E-state index in [1.54, 1.807) is 23.3 Å². The first kappa shape index (κ1) is 16.1. The van der Waals surface area contributed by atoms with Crippen LogP contribution in [0.25, 0.3) is 0 Å². The van der Waals surface area contributed by atoms with Gasteiger partial charge in [-0.3, -0.25) is 9.59 Å². The molecule has 2 amide bonds. The van der Waals surface area contributed by atoms with Gasteiger partial charge in [-0.1, -0.05) is 0 Å². The molecule has 1 atom stereocenters. The lowest BCUT2D eigenvalue weighted by Gasteiger charge is -2.17. The van der Waals surface area contributed by atoms with E-state index < -0.39 is 0 Å². The maximum absolute atomic E-state index is 12.3. The van der Waals surface area contributed by atoms with E-state index in [1.807, 2.05) is 31.2 Å². The van der Waals surface area contributed by atoms with Crippen LogP contribution in [0.2, 0.25) is 0 Å². The first-order chi connectivity index (χ1) is 11.7. The molecule has 2 heterocycles. The van der Waals surface area contributed by atoms with Gasteiger partial charge in [-0.25, -0.2) is 0 Å². The van der Waals surface area contributed by atoms with Crippen molar-refractivity contribution >= 4 is 17.5 Å². The largest absolute Gasteiger partial charge is 0.494 e. The molecule has 1 aromatic heterocycles. The molecule has 0 saturated carbocycles. The highest BCUT2D eigenvalue weighted by Crippen LogP contribution is 2.27. The van der Waals surface area contributed by atoms with Crippen LogP contribution in [0.4, 0.5) is 5.69 Å². The molecule has 0 unspecified atom stereocenters. The van der Waals surface area contributed by atoms with E-state index in [2.05, 4.69) is 5.32 Å². The maximum atomic E-state index is 12.3. The number of amides is 2. The monoisotopic (exact) mass is 328 g/mol. The van der Waals surface area contributed by atoms with Crippen LogP contribution in [0.5, 0.6) is 5.75 Å². The van der Waals surface area contributed by atoms with Crippen molar-refractivity contribution in [2.24, 2.45) is 5.92 Å². The van der Waals surface area contributed by atoms with Crippen LogP contribution < -0.4 is 15.0 Å². The van der Waals surface area contributed by atoms with Gasteiger partial charge >= 0.3 is 0 Å². The van der Waals surface area contributed by atoms with Crippen LogP contribution in [0, 0.1) is 5.92 Å². The zero-order chi connectivity index (χ0) is 16.9. The molecule has 1 aliphatic rings. The number of carbonyl (C=O) groups is 2. The molecular weight excluding hydrogens is 308 g/mol. The van der Waals surface area contributed by atoms with E-state index >= 15 is 0 Å². The van der Waals surface area contributed by atoms with Gasteiger partial charge in [0.1, 0.15) is 11.5 Å². The highest BCUT2D eigenvalue weighted by atomic mass is 16.5. The fraction of sp³-hybridized carbons (Fsp3) is 0.333. The molecule has 0 spiro atoms. The second-order valence-electron chi connectivity index (χ2n) is 5.63. The zero-order valence-electron chi connectivity index (χ0n) is 13.5. The molecule has 2 aromatic rings. The van der Waals surface area contributed by atoms with Crippen LogP contribution in [0.1, 0.15) is 19.1 Å². The lowest BCUT2D eigenvalue weighted by atomic mass is 10.1. The summed E-state index contributed by atoms with van der Waals surface area (Å²) in [6, 6.07) is 10.9. The molecule has 0 radical (unpaired) electrons. The standard InChI is InChI=1S/C18H20N2O4/c1-2-23-15-7-5-14(6-8-15)20-12-13(10-17(20)21)18(22)19-11-16-4-3-9-24-16/h3-9,13H,2,10-12H2,1H3,(H,19,22)/t13-/m1/s1. The summed E-state index contributed by atoms with van der Waals surface area (Å²) in [7, 11) is 0. The first-order valence-electron chi connectivity index (χ1n) is 8.00. The highest BCUT2D eigenvalue weighted by molar-refractivity contribution is 6.00. The summed E-state index contributed by atoms with van der Waals surface area (Å²) in [5, 5.41) is 2.81. The molecule has 3 rings (SSSR count). The number of benzene rings is 1. The normalized spacial score (nSPS) is 17.1. The van der Waals surface area contributed by atoms with Gasteiger partial charge in [0.15, 0.2) is 0 Å². The number of nitrogens with zero attached hydrogens (tertiary/aromatic N) is 1. The summed E-state index contributed by atoms with van der Waals surface area (Å²) in [6.07, 6.45) is 1.78. The summed E-state index contributed by atoms with van der Waals surface area (Å²) in [5.41, 5.74) is 0.782. The minimum Gasteiger partial charge on any atom is -0.494 e. The molecule has 1 N–H and O–H groups in total. The fourth-order valence-corrected chi connectivity index (χ4v) is 2.75. The maximum Gasteiger partial charge on any atom is 0.227 e. The third-order valence-electron chi connectivity index (χ3n) is 3.97. The quantitative estimate of drug-likeness (QED) is 0.883. The molecule has 6 heteroatoms. The van der Waals surface area contributed by atoms with Gasteiger partial charge in [0.2, 0.25) is 11.8 Å². The molecular formula is C18H20N2O4. The predicted octanol–water partition coefficient (Wildman–Crippen LogP) is 2.35. The van der Waals surface area contributed by atoms with Crippen molar-refractivity contribution in [3.8, 4) is 5.75 Å². The van der Waals surface area contributed by atoms with Gasteiger partial charge in [0.05, 0.1) is 25.3 Å². The predicted molar refractivity (Wildman–Crippen MR) is 88.6 cm³/mol. The van der Waals surface area contributed by atoms with E-state index in [0.29, 0.717) is 25.5 Å². The molecule has 24 heavy (non-hydrogen) atoms. The van der Waals surface area contributed by atoms with E-state index in [4.69, 9.17) is 9.15 Å². The van der Waals surface area contributed by atoms with Gasteiger partial charge in [-0.2, -0.15) is 0 Å². The number of nitrogens with one attached hydrogen (secondary N) is 1. The Hall–Kier alpha value is -2.76. The third-order valence-corrected chi connectivity index (χ3v) is 3.97. The van der Waals surface area contributed by atoms with Crippen LogP contribution in [-0.2, 0) is 16.1 Å². The second kappa shape index (κ2) is 7.21. The Morgan fingerprint density at radius 1 is 1.33 bits per heavy atom. The number of hydrogen-bond acceptors (Lipinski definition) is 4. The Morgan fingerprint density at radius 2 is 2.12 bits per heavy atom. The van der Waals surface area contributed by atoms with Gasteiger partial charge in [-0.15, -0.1) is 0 Å². The lowest BCUT2D eigenvalue weighted by molar-refractivity contribution is -0.126. The van der Waals surface area contributed by atoms with Crippen molar-refractivity contribution in [1.82, 2.24) is 5.32 Å². The lowest BCUT2D eigenvalue weighted by Crippen LogP contribution is -2.32. The molecule has 126 valence electrons. The van der Waals surface area contributed by atoms with Gasteiger partial charge in [0, 0.05) is 18.7 Å². The van der Waals surface area contributed by atoms with E-state index in [0.717, 1.165) is 11.4 Å². The van der Waals surface area contributed by atoms with Crippen molar-refractivity contribution in [2.45, 2.75) is 19.9 Å². The SMILES string of the molecule is CCOc1ccc(N2C[C@H](C(=O)NCc3ccco3)CC2=O)cc1. The molecule has 6 nitrogen and oxygen atoms in total. The van der Waals surface area contributed by atoms with Crippen LogP contribution >= 0.6 is 0 Å². The molecule has 1 aliphatic heterocycles. The molecule has 1 saturated heterocycles. The van der Waals surface area contributed by atoms with Crippen molar-refractivity contribution in [3.05, 3.63) is 48.4 Å². The minimum absolute atomic E-state index is 0.0442. The average molecular weight is 328 g/mol. The number of hydrogen-bond donors (Lipinski definition) is 1. The topological polar surface area (TPSA) is 71.8 Å². The fourth-order valence-electron chi connectivity index (χ4n) is 2.75. The molecule has 0 aliphatic carbocycles. The zero-order valence-corrected chi connectivity index (χ0v) is 13.5. The summed E-state index contributed by atoms with van der Waals surface area (Å²) in [4.78, 5) is 26.1. The summed E-state index contributed by atoms with van der Waals surface area (Å²) in [5.74, 6) is 0.932. The minimum atomic E-state index is -0.348. The molecule has 1 aromatic carbocycles. The number of rotatable bonds is 6. The number of ether oxygens (including phenoxy) is 1. The van der Waals surface area contributed by atoms with Crippen molar-refractivity contribution in [2.75, 3.05) is 18.1 Å². The van der Waals surface area contributed by atoms with Gasteiger partial charge in [0.25, 0.3) is 0 Å². The van der Waals surface area contributed by atoms with Crippen molar-refractivity contribution < 1.29 is 18.7 Å².